The van der Waals surface area contributed by atoms with Gasteiger partial charge in [0.1, 0.15) is 11.6 Å². The van der Waals surface area contributed by atoms with E-state index in [2.05, 4.69) is 53.6 Å². The molecule has 1 aromatic carbocycles. The number of benzene rings is 1. The van der Waals surface area contributed by atoms with Crippen LogP contribution in [0.4, 0.5) is 0 Å². The predicted octanol–water partition coefficient (Wildman–Crippen LogP) is 5.08. The Morgan fingerprint density at radius 1 is 1.00 bits per heavy atom. The fraction of sp³-hybridized carbons (Fsp3) is 0.375. The van der Waals surface area contributed by atoms with Gasteiger partial charge in [0.2, 0.25) is 5.88 Å². The van der Waals surface area contributed by atoms with E-state index >= 15 is 0 Å². The molecule has 3 nitrogen and oxygen atoms in total. The first-order chi connectivity index (χ1) is 9.36. The number of rotatable bonds is 3. The second-order valence-electron chi connectivity index (χ2n) is 5.33. The van der Waals surface area contributed by atoms with Gasteiger partial charge >= 0.3 is 0 Å². The molecule has 0 aliphatic heterocycles. The molecule has 0 N–H and O–H groups in total. The molecule has 1 heterocycles. The third-order valence-corrected chi connectivity index (χ3v) is 4.25. The van der Waals surface area contributed by atoms with Gasteiger partial charge in [0.15, 0.2) is 0 Å². The fourth-order valence-electron chi connectivity index (χ4n) is 1.96. The van der Waals surface area contributed by atoms with Crippen molar-refractivity contribution in [2.24, 2.45) is 0 Å². The Labute approximate surface area is 128 Å². The van der Waals surface area contributed by atoms with E-state index in [-0.39, 0.29) is 5.92 Å². The Morgan fingerprint density at radius 2 is 1.60 bits per heavy atom. The SMILES string of the molecule is Cc1cc(Oc2cc(C)c(Br)c(C)c2)nc(C(C)C)n1. The highest BCUT2D eigenvalue weighted by Crippen LogP contribution is 2.29. The number of nitrogens with zero attached hydrogens (tertiary/aromatic N) is 2. The Morgan fingerprint density at radius 3 is 2.15 bits per heavy atom. The highest BCUT2D eigenvalue weighted by molar-refractivity contribution is 9.10. The maximum atomic E-state index is 5.89. The van der Waals surface area contributed by atoms with Crippen molar-refractivity contribution < 1.29 is 4.74 Å². The predicted molar refractivity (Wildman–Crippen MR) is 84.5 cm³/mol. The Bertz CT molecular complexity index is 615. The largest absolute Gasteiger partial charge is 0.439 e. The summed E-state index contributed by atoms with van der Waals surface area (Å²) < 4.78 is 7.01. The lowest BCUT2D eigenvalue weighted by atomic mass is 10.1. The molecule has 0 saturated carbocycles. The van der Waals surface area contributed by atoms with Crippen molar-refractivity contribution in [3.63, 3.8) is 0 Å². The molecule has 2 rings (SSSR count). The summed E-state index contributed by atoms with van der Waals surface area (Å²) in [5.74, 6) is 2.49. The summed E-state index contributed by atoms with van der Waals surface area (Å²) in [6, 6.07) is 5.87. The lowest BCUT2D eigenvalue weighted by Gasteiger charge is -2.11. The molecule has 4 heteroatoms. The molecular formula is C16H19BrN2O. The van der Waals surface area contributed by atoms with E-state index < -0.39 is 0 Å². The molecule has 0 fully saturated rings. The van der Waals surface area contributed by atoms with E-state index in [1.54, 1.807) is 0 Å². The smallest absolute Gasteiger partial charge is 0.222 e. The number of ether oxygens (including phenoxy) is 1. The van der Waals surface area contributed by atoms with Crippen LogP contribution >= 0.6 is 15.9 Å². The van der Waals surface area contributed by atoms with Crippen LogP contribution in [0.1, 0.15) is 42.4 Å². The first kappa shape index (κ1) is 15.0. The van der Waals surface area contributed by atoms with Gasteiger partial charge in [-0.05, 0) is 44.0 Å². The van der Waals surface area contributed by atoms with E-state index in [1.807, 2.05) is 25.1 Å². The maximum Gasteiger partial charge on any atom is 0.222 e. The number of aromatic nitrogens is 2. The maximum absolute atomic E-state index is 5.89. The number of aryl methyl sites for hydroxylation is 3. The van der Waals surface area contributed by atoms with E-state index in [0.29, 0.717) is 5.88 Å². The minimum atomic E-state index is 0.283. The zero-order valence-electron chi connectivity index (χ0n) is 12.5. The summed E-state index contributed by atoms with van der Waals surface area (Å²) in [6.45, 7) is 10.2. The molecule has 0 aliphatic rings. The van der Waals surface area contributed by atoms with Gasteiger partial charge < -0.3 is 4.74 Å². The average molecular weight is 335 g/mol. The summed E-state index contributed by atoms with van der Waals surface area (Å²) in [7, 11) is 0. The molecule has 106 valence electrons. The highest BCUT2D eigenvalue weighted by atomic mass is 79.9. The topological polar surface area (TPSA) is 35.0 Å². The minimum absolute atomic E-state index is 0.283. The third-order valence-electron chi connectivity index (χ3n) is 3.00. The molecule has 0 radical (unpaired) electrons. The molecule has 0 saturated heterocycles. The molecule has 0 unspecified atom stereocenters. The Kier molecular flexibility index (Phi) is 4.43. The summed E-state index contributed by atoms with van der Waals surface area (Å²) in [6.07, 6.45) is 0. The van der Waals surface area contributed by atoms with Gasteiger partial charge in [0.25, 0.3) is 0 Å². The normalized spacial score (nSPS) is 10.9. The molecule has 0 atom stereocenters. The monoisotopic (exact) mass is 334 g/mol. The van der Waals surface area contributed by atoms with Gasteiger partial charge in [-0.1, -0.05) is 29.8 Å². The van der Waals surface area contributed by atoms with Crippen LogP contribution in [0.3, 0.4) is 0 Å². The van der Waals surface area contributed by atoms with Gasteiger partial charge in [-0.15, -0.1) is 0 Å². The number of halogens is 1. The van der Waals surface area contributed by atoms with Crippen molar-refractivity contribution in [2.75, 3.05) is 0 Å². The van der Waals surface area contributed by atoms with Crippen molar-refractivity contribution in [3.8, 4) is 11.6 Å². The second kappa shape index (κ2) is 5.92. The Balaban J connectivity index is 2.35. The van der Waals surface area contributed by atoms with Crippen LogP contribution in [0.25, 0.3) is 0 Å². The van der Waals surface area contributed by atoms with Crippen LogP contribution < -0.4 is 4.74 Å². The summed E-state index contributed by atoms with van der Waals surface area (Å²) >= 11 is 3.56. The molecule has 0 spiro atoms. The zero-order chi connectivity index (χ0) is 14.9. The van der Waals surface area contributed by atoms with Crippen molar-refractivity contribution >= 4 is 15.9 Å². The molecule has 20 heavy (non-hydrogen) atoms. The fourth-order valence-corrected chi connectivity index (χ4v) is 2.19. The van der Waals surface area contributed by atoms with Crippen LogP contribution in [0.15, 0.2) is 22.7 Å². The highest BCUT2D eigenvalue weighted by Gasteiger charge is 2.09. The van der Waals surface area contributed by atoms with Crippen LogP contribution in [0.5, 0.6) is 11.6 Å². The van der Waals surface area contributed by atoms with Crippen molar-refractivity contribution in [1.82, 2.24) is 9.97 Å². The van der Waals surface area contributed by atoms with Crippen LogP contribution in [-0.4, -0.2) is 9.97 Å². The molecule has 0 bridgehead atoms. The Hall–Kier alpha value is -1.42. The van der Waals surface area contributed by atoms with Crippen LogP contribution in [0, 0.1) is 20.8 Å². The van der Waals surface area contributed by atoms with Crippen molar-refractivity contribution in [1.29, 1.82) is 0 Å². The van der Waals surface area contributed by atoms with Gasteiger partial charge in [-0.2, -0.15) is 4.98 Å². The van der Waals surface area contributed by atoms with Crippen LogP contribution in [-0.2, 0) is 0 Å². The zero-order valence-corrected chi connectivity index (χ0v) is 14.1. The molecule has 0 aliphatic carbocycles. The van der Waals surface area contributed by atoms with E-state index in [1.165, 1.54) is 0 Å². The van der Waals surface area contributed by atoms with Crippen molar-refractivity contribution in [3.05, 3.63) is 45.3 Å². The standard InChI is InChI=1S/C16H19BrN2O/c1-9(2)16-18-12(5)8-14(19-16)20-13-6-10(3)15(17)11(4)7-13/h6-9H,1-5H3. The van der Waals surface area contributed by atoms with Gasteiger partial charge in [0.05, 0.1) is 0 Å². The first-order valence-corrected chi connectivity index (χ1v) is 7.46. The molecule has 2 aromatic rings. The van der Waals surface area contributed by atoms with E-state index in [9.17, 15) is 0 Å². The molecule has 1 aromatic heterocycles. The summed E-state index contributed by atoms with van der Waals surface area (Å²) in [5.41, 5.74) is 3.22. The van der Waals surface area contributed by atoms with Gasteiger partial charge in [-0.3, -0.25) is 0 Å². The quantitative estimate of drug-likeness (QED) is 0.784. The van der Waals surface area contributed by atoms with Gasteiger partial charge in [-0.25, -0.2) is 4.98 Å². The van der Waals surface area contributed by atoms with E-state index in [4.69, 9.17) is 4.74 Å². The summed E-state index contributed by atoms with van der Waals surface area (Å²) in [4.78, 5) is 8.89. The van der Waals surface area contributed by atoms with E-state index in [0.717, 1.165) is 32.9 Å². The average Bonchev–Trinajstić information content (AvgIpc) is 2.35. The van der Waals surface area contributed by atoms with Crippen molar-refractivity contribution in [2.45, 2.75) is 40.5 Å². The lowest BCUT2D eigenvalue weighted by Crippen LogP contribution is -2.01. The number of hydrogen-bond donors (Lipinski definition) is 0. The molecular weight excluding hydrogens is 316 g/mol. The number of hydrogen-bond acceptors (Lipinski definition) is 3. The van der Waals surface area contributed by atoms with Crippen LogP contribution in [0.2, 0.25) is 0 Å². The second-order valence-corrected chi connectivity index (χ2v) is 6.13. The first-order valence-electron chi connectivity index (χ1n) is 6.67. The summed E-state index contributed by atoms with van der Waals surface area (Å²) in [5, 5.41) is 0. The molecule has 0 amide bonds. The van der Waals surface area contributed by atoms with Gasteiger partial charge in [0, 0.05) is 22.2 Å². The lowest BCUT2D eigenvalue weighted by molar-refractivity contribution is 0.455. The minimum Gasteiger partial charge on any atom is -0.439 e. The third kappa shape index (κ3) is 3.37.